The Labute approximate surface area is 130 Å². The second kappa shape index (κ2) is 8.71. The summed E-state index contributed by atoms with van der Waals surface area (Å²) >= 11 is 1.67. The maximum absolute atomic E-state index is 14.1. The van der Waals surface area contributed by atoms with Crippen molar-refractivity contribution < 1.29 is 9.18 Å². The summed E-state index contributed by atoms with van der Waals surface area (Å²) in [7, 11) is 1.72. The molecule has 1 aromatic rings. The number of hydrogen-bond acceptors (Lipinski definition) is 3. The standard InChI is InChI=1S/C16H21FN2OS/c1-4-13(11-21-3)19(2)16(20)14-8-7-12(6-5-9-18)10-15(14)17/h7-8,10,13H,4,9,11,18H2,1-3H3. The highest BCUT2D eigenvalue weighted by Gasteiger charge is 2.21. The predicted molar refractivity (Wildman–Crippen MR) is 86.9 cm³/mol. The summed E-state index contributed by atoms with van der Waals surface area (Å²) in [5, 5.41) is 0. The molecule has 21 heavy (non-hydrogen) atoms. The average molecular weight is 308 g/mol. The summed E-state index contributed by atoms with van der Waals surface area (Å²) in [5.41, 5.74) is 5.88. The lowest BCUT2D eigenvalue weighted by Crippen LogP contribution is -2.38. The number of rotatable bonds is 5. The zero-order valence-electron chi connectivity index (χ0n) is 12.6. The lowest BCUT2D eigenvalue weighted by Gasteiger charge is -2.27. The van der Waals surface area contributed by atoms with Crippen LogP contribution < -0.4 is 5.73 Å². The molecule has 0 spiro atoms. The maximum Gasteiger partial charge on any atom is 0.256 e. The molecule has 0 saturated carbocycles. The fraction of sp³-hybridized carbons (Fsp3) is 0.438. The molecule has 1 atom stereocenters. The van der Waals surface area contributed by atoms with E-state index in [0.29, 0.717) is 5.56 Å². The number of nitrogens with two attached hydrogens (primary N) is 1. The van der Waals surface area contributed by atoms with Crippen molar-refractivity contribution in [1.29, 1.82) is 0 Å². The molecular weight excluding hydrogens is 287 g/mol. The average Bonchev–Trinajstić information content (AvgIpc) is 2.49. The van der Waals surface area contributed by atoms with Crippen molar-refractivity contribution in [3.63, 3.8) is 0 Å². The van der Waals surface area contributed by atoms with E-state index in [1.807, 2.05) is 13.2 Å². The fourth-order valence-corrected chi connectivity index (χ4v) is 2.82. The smallest absolute Gasteiger partial charge is 0.256 e. The molecule has 1 unspecified atom stereocenters. The van der Waals surface area contributed by atoms with Gasteiger partial charge in [0.05, 0.1) is 12.1 Å². The summed E-state index contributed by atoms with van der Waals surface area (Å²) in [4.78, 5) is 14.0. The van der Waals surface area contributed by atoms with Crippen molar-refractivity contribution >= 4 is 17.7 Å². The first-order valence-electron chi connectivity index (χ1n) is 6.79. The third-order valence-electron chi connectivity index (χ3n) is 3.23. The molecule has 1 amide bonds. The van der Waals surface area contributed by atoms with E-state index in [-0.39, 0.29) is 24.1 Å². The highest BCUT2D eigenvalue weighted by molar-refractivity contribution is 7.98. The van der Waals surface area contributed by atoms with Crippen LogP contribution in [-0.4, -0.2) is 42.4 Å². The van der Waals surface area contributed by atoms with Crippen LogP contribution in [0.1, 0.15) is 29.3 Å². The first kappa shape index (κ1) is 17.5. The summed E-state index contributed by atoms with van der Waals surface area (Å²) in [6.45, 7) is 2.24. The van der Waals surface area contributed by atoms with Crippen molar-refractivity contribution in [3.05, 3.63) is 35.1 Å². The Hall–Kier alpha value is -1.51. The summed E-state index contributed by atoms with van der Waals surface area (Å²) in [6.07, 6.45) is 2.83. The minimum Gasteiger partial charge on any atom is -0.338 e. The van der Waals surface area contributed by atoms with Crippen molar-refractivity contribution in [2.75, 3.05) is 25.6 Å². The Balaban J connectivity index is 2.96. The Morgan fingerprint density at radius 3 is 2.76 bits per heavy atom. The van der Waals surface area contributed by atoms with Gasteiger partial charge in [0.25, 0.3) is 5.91 Å². The number of halogens is 1. The number of benzene rings is 1. The van der Waals surface area contributed by atoms with Crippen LogP contribution in [0.3, 0.4) is 0 Å². The largest absolute Gasteiger partial charge is 0.338 e. The molecule has 0 aromatic heterocycles. The molecular formula is C16H21FN2OS. The van der Waals surface area contributed by atoms with Gasteiger partial charge in [-0.3, -0.25) is 4.79 Å². The summed E-state index contributed by atoms with van der Waals surface area (Å²) in [6, 6.07) is 4.51. The van der Waals surface area contributed by atoms with Crippen LogP contribution in [-0.2, 0) is 0 Å². The zero-order valence-corrected chi connectivity index (χ0v) is 13.5. The van der Waals surface area contributed by atoms with E-state index in [4.69, 9.17) is 5.73 Å². The Morgan fingerprint density at radius 1 is 1.52 bits per heavy atom. The van der Waals surface area contributed by atoms with Crippen LogP contribution in [0.2, 0.25) is 0 Å². The molecule has 3 nitrogen and oxygen atoms in total. The highest BCUT2D eigenvalue weighted by Crippen LogP contribution is 2.16. The molecule has 0 heterocycles. The predicted octanol–water partition coefficient (Wildman–Crippen LogP) is 2.35. The van der Waals surface area contributed by atoms with Crippen LogP contribution in [0.5, 0.6) is 0 Å². The van der Waals surface area contributed by atoms with Gasteiger partial charge in [-0.05, 0) is 30.9 Å². The third-order valence-corrected chi connectivity index (χ3v) is 3.95. The first-order chi connectivity index (χ1) is 10.0. The second-order valence-electron chi connectivity index (χ2n) is 4.63. The molecule has 0 aliphatic rings. The van der Waals surface area contributed by atoms with Crippen LogP contribution in [0.15, 0.2) is 18.2 Å². The van der Waals surface area contributed by atoms with Gasteiger partial charge < -0.3 is 10.6 Å². The Morgan fingerprint density at radius 2 is 2.24 bits per heavy atom. The molecule has 5 heteroatoms. The van der Waals surface area contributed by atoms with Gasteiger partial charge in [-0.2, -0.15) is 11.8 Å². The van der Waals surface area contributed by atoms with Crippen LogP contribution in [0, 0.1) is 17.7 Å². The van der Waals surface area contributed by atoms with Gasteiger partial charge in [-0.15, -0.1) is 0 Å². The molecule has 114 valence electrons. The number of thioether (sulfide) groups is 1. The van der Waals surface area contributed by atoms with E-state index in [1.165, 1.54) is 12.1 Å². The number of hydrogen-bond donors (Lipinski definition) is 1. The number of carbonyl (C=O) groups excluding carboxylic acids is 1. The van der Waals surface area contributed by atoms with Crippen molar-refractivity contribution in [3.8, 4) is 11.8 Å². The topological polar surface area (TPSA) is 46.3 Å². The molecule has 0 fully saturated rings. The molecule has 0 aliphatic carbocycles. The van der Waals surface area contributed by atoms with E-state index in [9.17, 15) is 9.18 Å². The molecule has 1 rings (SSSR count). The molecule has 1 aromatic carbocycles. The van der Waals surface area contributed by atoms with Gasteiger partial charge in [0.2, 0.25) is 0 Å². The second-order valence-corrected chi connectivity index (χ2v) is 5.54. The normalized spacial score (nSPS) is 11.5. The van der Waals surface area contributed by atoms with E-state index < -0.39 is 5.82 Å². The van der Waals surface area contributed by atoms with E-state index in [1.54, 1.807) is 29.8 Å². The molecule has 0 saturated heterocycles. The molecule has 0 aliphatic heterocycles. The van der Waals surface area contributed by atoms with Crippen molar-refractivity contribution in [1.82, 2.24) is 4.90 Å². The van der Waals surface area contributed by atoms with Gasteiger partial charge in [-0.1, -0.05) is 18.8 Å². The van der Waals surface area contributed by atoms with E-state index in [2.05, 4.69) is 11.8 Å². The molecule has 2 N–H and O–H groups in total. The van der Waals surface area contributed by atoms with Crippen molar-refractivity contribution in [2.24, 2.45) is 5.73 Å². The number of carbonyl (C=O) groups is 1. The van der Waals surface area contributed by atoms with Crippen molar-refractivity contribution in [2.45, 2.75) is 19.4 Å². The monoisotopic (exact) mass is 308 g/mol. The Bertz CT molecular complexity index is 551. The van der Waals surface area contributed by atoms with Crippen LogP contribution in [0.25, 0.3) is 0 Å². The maximum atomic E-state index is 14.1. The molecule has 0 bridgehead atoms. The van der Waals surface area contributed by atoms with Crippen LogP contribution >= 0.6 is 11.8 Å². The minimum atomic E-state index is -0.547. The Kier molecular flexibility index (Phi) is 7.27. The quantitative estimate of drug-likeness (QED) is 0.849. The fourth-order valence-electron chi connectivity index (χ4n) is 1.97. The summed E-state index contributed by atoms with van der Waals surface area (Å²) < 4.78 is 14.1. The van der Waals surface area contributed by atoms with Gasteiger partial charge in [0, 0.05) is 24.4 Å². The highest BCUT2D eigenvalue weighted by atomic mass is 32.2. The number of nitrogens with zero attached hydrogens (tertiary/aromatic N) is 1. The van der Waals surface area contributed by atoms with Gasteiger partial charge >= 0.3 is 0 Å². The van der Waals surface area contributed by atoms with Crippen LogP contribution in [0.4, 0.5) is 4.39 Å². The lowest BCUT2D eigenvalue weighted by atomic mass is 10.1. The summed E-state index contributed by atoms with van der Waals surface area (Å²) in [5.74, 6) is 5.40. The van der Waals surface area contributed by atoms with E-state index in [0.717, 1.165) is 12.2 Å². The van der Waals surface area contributed by atoms with Gasteiger partial charge in [0.1, 0.15) is 5.82 Å². The molecule has 0 radical (unpaired) electrons. The van der Waals surface area contributed by atoms with E-state index >= 15 is 0 Å². The van der Waals surface area contributed by atoms with Gasteiger partial charge in [-0.25, -0.2) is 4.39 Å². The zero-order chi connectivity index (χ0) is 15.8. The SMILES string of the molecule is CCC(CSC)N(C)C(=O)c1ccc(C#CCN)cc1F. The van der Waals surface area contributed by atoms with Gasteiger partial charge in [0.15, 0.2) is 0 Å². The first-order valence-corrected chi connectivity index (χ1v) is 8.19. The minimum absolute atomic E-state index is 0.0790. The third kappa shape index (κ3) is 4.76. The number of amides is 1. The lowest BCUT2D eigenvalue weighted by molar-refractivity contribution is 0.0739.